The van der Waals surface area contributed by atoms with E-state index in [0.717, 1.165) is 15.9 Å². The number of aryl methyl sites for hydroxylation is 1. The van der Waals surface area contributed by atoms with Crippen LogP contribution in [0.4, 0.5) is 0 Å². The highest BCUT2D eigenvalue weighted by atomic mass is 35.5. The summed E-state index contributed by atoms with van der Waals surface area (Å²) in [6, 6.07) is 27.5. The molecule has 0 saturated heterocycles. The van der Waals surface area contributed by atoms with Crippen LogP contribution in [0.5, 0.6) is 0 Å². The number of nitrogens with one attached hydrogen (secondary N) is 1. The van der Waals surface area contributed by atoms with E-state index in [2.05, 4.69) is 49.8 Å². The van der Waals surface area contributed by atoms with Gasteiger partial charge in [0.2, 0.25) is 10.0 Å². The van der Waals surface area contributed by atoms with Crippen LogP contribution >= 0.6 is 11.6 Å². The first kappa shape index (κ1) is 24.7. The number of hydrogen-bond donors (Lipinski definition) is 1. The second-order valence-electron chi connectivity index (χ2n) is 9.62. The van der Waals surface area contributed by atoms with Crippen LogP contribution in [0, 0.1) is 6.92 Å². The van der Waals surface area contributed by atoms with E-state index in [4.69, 9.17) is 11.6 Å². The van der Waals surface area contributed by atoms with Crippen LogP contribution in [0.15, 0.2) is 89.8 Å². The zero-order valence-corrected chi connectivity index (χ0v) is 22.0. The fourth-order valence-corrected chi connectivity index (χ4v) is 14.8. The summed E-state index contributed by atoms with van der Waals surface area (Å²) < 4.78 is 30.3. The smallest absolute Gasteiger partial charge is 0.207 e. The lowest BCUT2D eigenvalue weighted by Crippen LogP contribution is -2.82. The molecule has 3 nitrogen and oxygen atoms in total. The third kappa shape index (κ3) is 4.31. The van der Waals surface area contributed by atoms with Gasteiger partial charge in [-0.2, -0.15) is 0 Å². The SMILES string of the molecule is Cc1ccc(S(=O)(=O)N[C@@](C)(CCl)[Si](c2ccccc2)(c2ccccc2)C(C)(C)C)cc1. The topological polar surface area (TPSA) is 46.2 Å². The van der Waals surface area contributed by atoms with Crippen molar-refractivity contribution in [1.29, 1.82) is 0 Å². The maximum atomic E-state index is 13.6. The normalized spacial score (nSPS) is 14.7. The molecule has 0 aliphatic carbocycles. The van der Waals surface area contributed by atoms with Gasteiger partial charge in [0.1, 0.15) is 8.07 Å². The summed E-state index contributed by atoms with van der Waals surface area (Å²) in [5, 5.41) is 1.14. The summed E-state index contributed by atoms with van der Waals surface area (Å²) in [7, 11) is -6.68. The summed E-state index contributed by atoms with van der Waals surface area (Å²) in [5.74, 6) is 0.144. The van der Waals surface area contributed by atoms with Crippen molar-refractivity contribution < 1.29 is 8.42 Å². The van der Waals surface area contributed by atoms with Gasteiger partial charge in [-0.1, -0.05) is 110 Å². The van der Waals surface area contributed by atoms with Gasteiger partial charge in [-0.25, -0.2) is 13.1 Å². The number of halogens is 1. The Balaban J connectivity index is 2.32. The molecule has 0 aromatic heterocycles. The first-order chi connectivity index (χ1) is 15.0. The van der Waals surface area contributed by atoms with E-state index in [9.17, 15) is 8.42 Å². The molecule has 0 bridgehead atoms. The van der Waals surface area contributed by atoms with E-state index >= 15 is 0 Å². The van der Waals surface area contributed by atoms with Crippen LogP contribution in [0.3, 0.4) is 0 Å². The first-order valence-corrected chi connectivity index (χ1v) is 14.8. The van der Waals surface area contributed by atoms with Crippen LogP contribution in [-0.2, 0) is 10.0 Å². The Morgan fingerprint density at radius 2 is 1.22 bits per heavy atom. The molecular weight excluding hydrogens is 454 g/mol. The highest BCUT2D eigenvalue weighted by Crippen LogP contribution is 2.43. The molecule has 1 atom stereocenters. The lowest BCUT2D eigenvalue weighted by molar-refractivity contribution is 0.537. The summed E-state index contributed by atoms with van der Waals surface area (Å²) in [6.07, 6.45) is 0. The number of sulfonamides is 1. The Bertz CT molecular complexity index is 1100. The molecule has 0 aliphatic rings. The fraction of sp³-hybridized carbons (Fsp3) is 0.308. The summed E-state index contributed by atoms with van der Waals surface area (Å²) >= 11 is 6.73. The van der Waals surface area contributed by atoms with Gasteiger partial charge in [0.15, 0.2) is 0 Å². The molecule has 170 valence electrons. The third-order valence-corrected chi connectivity index (χ3v) is 15.5. The molecular formula is C26H32ClNO2SSi. The molecule has 0 heterocycles. The molecule has 0 radical (unpaired) electrons. The molecule has 0 unspecified atom stereocenters. The van der Waals surface area contributed by atoms with Crippen LogP contribution in [-0.4, -0.2) is 27.5 Å². The Labute approximate surface area is 198 Å². The summed E-state index contributed by atoms with van der Waals surface area (Å²) in [4.78, 5) is 0.248. The zero-order valence-electron chi connectivity index (χ0n) is 19.4. The van der Waals surface area contributed by atoms with E-state index in [1.165, 1.54) is 0 Å². The van der Waals surface area contributed by atoms with Gasteiger partial charge in [-0.3, -0.25) is 0 Å². The zero-order chi connectivity index (χ0) is 23.6. The number of alkyl halides is 1. The van der Waals surface area contributed by atoms with Gasteiger partial charge >= 0.3 is 0 Å². The lowest BCUT2D eigenvalue weighted by atomic mass is 10.2. The predicted octanol–water partition coefficient (Wildman–Crippen LogP) is 4.87. The molecule has 0 amide bonds. The van der Waals surface area contributed by atoms with E-state index in [0.29, 0.717) is 0 Å². The summed E-state index contributed by atoms with van der Waals surface area (Å²) in [6.45, 7) is 10.5. The minimum absolute atomic E-state index is 0.144. The van der Waals surface area contributed by atoms with Crippen LogP contribution < -0.4 is 15.1 Å². The quantitative estimate of drug-likeness (QED) is 0.383. The van der Waals surface area contributed by atoms with Crippen molar-refractivity contribution in [2.24, 2.45) is 0 Å². The molecule has 3 rings (SSSR count). The van der Waals surface area contributed by atoms with Gasteiger partial charge in [0, 0.05) is 11.0 Å². The van der Waals surface area contributed by atoms with Crippen molar-refractivity contribution in [3.63, 3.8) is 0 Å². The summed E-state index contributed by atoms with van der Waals surface area (Å²) in [5.41, 5.74) is 1.01. The van der Waals surface area contributed by atoms with Crippen molar-refractivity contribution in [2.45, 2.75) is 49.7 Å². The largest absolute Gasteiger partial charge is 0.240 e. The van der Waals surface area contributed by atoms with E-state index in [-0.39, 0.29) is 15.8 Å². The molecule has 0 spiro atoms. The average Bonchev–Trinajstić information content (AvgIpc) is 2.74. The van der Waals surface area contributed by atoms with Crippen molar-refractivity contribution in [3.8, 4) is 0 Å². The van der Waals surface area contributed by atoms with Gasteiger partial charge < -0.3 is 0 Å². The van der Waals surface area contributed by atoms with Gasteiger partial charge in [-0.15, -0.1) is 11.6 Å². The minimum Gasteiger partial charge on any atom is -0.207 e. The molecule has 3 aromatic carbocycles. The predicted molar refractivity (Wildman–Crippen MR) is 138 cm³/mol. The molecule has 3 aromatic rings. The van der Waals surface area contributed by atoms with Crippen LogP contribution in [0.25, 0.3) is 0 Å². The Hall–Kier alpha value is -1.92. The van der Waals surface area contributed by atoms with Crippen molar-refractivity contribution in [1.82, 2.24) is 4.72 Å². The van der Waals surface area contributed by atoms with E-state index < -0.39 is 23.3 Å². The lowest BCUT2D eigenvalue weighted by Gasteiger charge is -2.54. The number of hydrogen-bond acceptors (Lipinski definition) is 2. The standard InChI is InChI=1S/C26H32ClNO2SSi/c1-21-16-18-22(19-17-21)31(29,30)28-26(5,20-27)32(25(2,3)4,23-12-8-6-9-13-23)24-14-10-7-11-15-24/h6-19,28H,20H2,1-5H3/t26-/m1/s1. The third-order valence-electron chi connectivity index (χ3n) is 6.32. The van der Waals surface area contributed by atoms with Crippen molar-refractivity contribution in [3.05, 3.63) is 90.5 Å². The van der Waals surface area contributed by atoms with E-state index in [1.807, 2.05) is 62.4 Å². The van der Waals surface area contributed by atoms with Crippen molar-refractivity contribution >= 4 is 40.1 Å². The average molecular weight is 486 g/mol. The second-order valence-corrected chi connectivity index (χ2v) is 16.8. The van der Waals surface area contributed by atoms with Gasteiger partial charge in [0.25, 0.3) is 0 Å². The molecule has 32 heavy (non-hydrogen) atoms. The van der Waals surface area contributed by atoms with Gasteiger partial charge in [-0.05, 0) is 31.0 Å². The highest BCUT2D eigenvalue weighted by Gasteiger charge is 2.60. The number of benzene rings is 3. The second kappa shape index (κ2) is 9.14. The Morgan fingerprint density at radius 1 is 0.781 bits per heavy atom. The maximum absolute atomic E-state index is 13.6. The number of rotatable bonds is 7. The maximum Gasteiger partial charge on any atom is 0.240 e. The van der Waals surface area contributed by atoms with Crippen LogP contribution in [0.1, 0.15) is 33.3 Å². The molecule has 0 aliphatic heterocycles. The highest BCUT2D eigenvalue weighted by molar-refractivity contribution is 7.89. The monoisotopic (exact) mass is 485 g/mol. The van der Waals surface area contributed by atoms with E-state index in [1.54, 1.807) is 12.1 Å². The van der Waals surface area contributed by atoms with Crippen molar-refractivity contribution in [2.75, 3.05) is 5.88 Å². The molecule has 0 fully saturated rings. The molecule has 1 N–H and O–H groups in total. The molecule has 6 heteroatoms. The first-order valence-electron chi connectivity index (χ1n) is 10.8. The fourth-order valence-electron chi connectivity index (χ4n) is 5.15. The van der Waals surface area contributed by atoms with Gasteiger partial charge in [0.05, 0.1) is 4.90 Å². The Morgan fingerprint density at radius 3 is 1.59 bits per heavy atom. The minimum atomic E-state index is -3.81. The molecule has 0 saturated carbocycles. The van der Waals surface area contributed by atoms with Crippen LogP contribution in [0.2, 0.25) is 5.04 Å². The Kier molecular flexibility index (Phi) is 7.06.